The fraction of sp³-hybridized carbons (Fsp3) is 0.696. The van der Waals surface area contributed by atoms with Gasteiger partial charge in [-0.25, -0.2) is 0 Å². The molecule has 1 saturated carbocycles. The maximum absolute atomic E-state index is 6.15. The monoisotopic (exact) mass is 419 g/mol. The molecule has 4 rings (SSSR count). The highest BCUT2D eigenvalue weighted by Gasteiger charge is 2.44. The van der Waals surface area contributed by atoms with Gasteiger partial charge in [-0.15, -0.1) is 0 Å². The first-order valence-electron chi connectivity index (χ1n) is 11.1. The number of piperidine rings is 1. The minimum Gasteiger partial charge on any atom is -0.376 e. The van der Waals surface area contributed by atoms with Gasteiger partial charge in [0.2, 0.25) is 0 Å². The highest BCUT2D eigenvalue weighted by molar-refractivity contribution is 6.30. The summed E-state index contributed by atoms with van der Waals surface area (Å²) in [7, 11) is 1.88. The van der Waals surface area contributed by atoms with E-state index in [1.54, 1.807) is 0 Å². The van der Waals surface area contributed by atoms with Crippen LogP contribution in [0.2, 0.25) is 5.02 Å². The Hall–Kier alpha value is -1.30. The van der Waals surface area contributed by atoms with Gasteiger partial charge in [0.05, 0.1) is 18.8 Å². The molecule has 1 aromatic carbocycles. The number of nitrogens with one attached hydrogen (secondary N) is 1. The maximum atomic E-state index is 6.15. The van der Waals surface area contributed by atoms with Crippen LogP contribution in [0.1, 0.15) is 50.5 Å². The molecule has 0 spiro atoms. The highest BCUT2D eigenvalue weighted by atomic mass is 35.5. The topological polar surface area (TPSA) is 46.1 Å². The van der Waals surface area contributed by atoms with Crippen LogP contribution in [-0.2, 0) is 14.9 Å². The highest BCUT2D eigenvalue weighted by Crippen LogP contribution is 2.47. The van der Waals surface area contributed by atoms with E-state index in [0.29, 0.717) is 12.2 Å². The fourth-order valence-electron chi connectivity index (χ4n) is 4.52. The van der Waals surface area contributed by atoms with Crippen molar-refractivity contribution in [3.63, 3.8) is 0 Å². The molecule has 1 aliphatic carbocycles. The van der Waals surface area contributed by atoms with E-state index in [1.165, 1.54) is 31.2 Å². The van der Waals surface area contributed by atoms with Gasteiger partial charge >= 0.3 is 0 Å². The predicted molar refractivity (Wildman–Crippen MR) is 118 cm³/mol. The van der Waals surface area contributed by atoms with Crippen molar-refractivity contribution in [2.45, 2.75) is 62.6 Å². The first kappa shape index (κ1) is 21.0. The standard InChI is InChI=1S/C23H34ClN3O2/c1-25-22(26-17-23(11-12-23)18-5-7-19(24)8-6-18)27-13-9-20(10-14-27)29-16-21-4-2-3-15-28-21/h5-8,20-21H,2-4,9-17H2,1H3,(H,25,26). The molecular formula is C23H34ClN3O2. The largest absolute Gasteiger partial charge is 0.376 e. The lowest BCUT2D eigenvalue weighted by Gasteiger charge is -2.35. The molecule has 0 amide bonds. The van der Waals surface area contributed by atoms with Gasteiger partial charge in [0, 0.05) is 43.7 Å². The minimum absolute atomic E-state index is 0.238. The number of halogens is 1. The number of rotatable bonds is 6. The molecule has 1 atom stereocenters. The number of guanidine groups is 1. The van der Waals surface area contributed by atoms with Gasteiger partial charge in [0.1, 0.15) is 0 Å². The summed E-state index contributed by atoms with van der Waals surface area (Å²) in [6, 6.07) is 8.32. The second-order valence-corrected chi connectivity index (χ2v) is 9.13. The number of ether oxygens (including phenoxy) is 2. The van der Waals surface area contributed by atoms with E-state index < -0.39 is 0 Å². The number of hydrogen-bond donors (Lipinski definition) is 1. The van der Waals surface area contributed by atoms with Crippen molar-refractivity contribution in [3.8, 4) is 0 Å². The second-order valence-electron chi connectivity index (χ2n) is 8.70. The van der Waals surface area contributed by atoms with Gasteiger partial charge in [0.15, 0.2) is 5.96 Å². The van der Waals surface area contributed by atoms with Crippen molar-refractivity contribution in [2.24, 2.45) is 4.99 Å². The molecule has 1 N–H and O–H groups in total. The number of benzene rings is 1. The molecule has 0 aromatic heterocycles. The zero-order valence-corrected chi connectivity index (χ0v) is 18.3. The Balaban J connectivity index is 1.22. The van der Waals surface area contributed by atoms with Gasteiger partial charge in [-0.3, -0.25) is 4.99 Å². The molecule has 5 nitrogen and oxygen atoms in total. The number of nitrogens with zero attached hydrogens (tertiary/aromatic N) is 2. The molecular weight excluding hydrogens is 386 g/mol. The first-order chi connectivity index (χ1) is 14.2. The van der Waals surface area contributed by atoms with Gasteiger partial charge in [0.25, 0.3) is 0 Å². The smallest absolute Gasteiger partial charge is 0.193 e. The summed E-state index contributed by atoms with van der Waals surface area (Å²) in [5, 5.41) is 4.44. The van der Waals surface area contributed by atoms with E-state index in [1.807, 2.05) is 19.2 Å². The fourth-order valence-corrected chi connectivity index (χ4v) is 4.64. The molecule has 0 radical (unpaired) electrons. The lowest BCUT2D eigenvalue weighted by molar-refractivity contribution is -0.0721. The molecule has 3 fully saturated rings. The number of aliphatic imine (C=N–C) groups is 1. The summed E-state index contributed by atoms with van der Waals surface area (Å²) in [4.78, 5) is 6.91. The zero-order valence-electron chi connectivity index (χ0n) is 17.5. The zero-order chi connectivity index (χ0) is 20.1. The normalized spacial score (nSPS) is 25.1. The molecule has 6 heteroatoms. The summed E-state index contributed by atoms with van der Waals surface area (Å²) in [5.74, 6) is 1.01. The van der Waals surface area contributed by atoms with Crippen molar-refractivity contribution in [1.82, 2.24) is 10.2 Å². The van der Waals surface area contributed by atoms with Gasteiger partial charge in [-0.1, -0.05) is 23.7 Å². The average Bonchev–Trinajstić information content (AvgIpc) is 3.56. The Bertz CT molecular complexity index is 676. The van der Waals surface area contributed by atoms with Crippen molar-refractivity contribution >= 4 is 17.6 Å². The molecule has 2 heterocycles. The number of hydrogen-bond acceptors (Lipinski definition) is 3. The van der Waals surface area contributed by atoms with Crippen molar-refractivity contribution in [3.05, 3.63) is 34.9 Å². The van der Waals surface area contributed by atoms with Gasteiger partial charge in [-0.05, 0) is 62.6 Å². The molecule has 29 heavy (non-hydrogen) atoms. The molecule has 2 saturated heterocycles. The van der Waals surface area contributed by atoms with Crippen molar-refractivity contribution in [2.75, 3.05) is 39.9 Å². The summed E-state index contributed by atoms with van der Waals surface area (Å²) in [5.41, 5.74) is 1.61. The maximum Gasteiger partial charge on any atom is 0.193 e. The van der Waals surface area contributed by atoms with E-state index in [4.69, 9.17) is 21.1 Å². The Morgan fingerprint density at radius 1 is 1.21 bits per heavy atom. The van der Waals surface area contributed by atoms with Crippen LogP contribution < -0.4 is 5.32 Å². The lowest BCUT2D eigenvalue weighted by atomic mass is 9.96. The molecule has 2 aliphatic heterocycles. The summed E-state index contributed by atoms with van der Waals surface area (Å²) in [6.07, 6.45) is 8.80. The Labute approximate surface area is 179 Å². The van der Waals surface area contributed by atoms with E-state index in [2.05, 4.69) is 27.3 Å². The van der Waals surface area contributed by atoms with Gasteiger partial charge in [-0.2, -0.15) is 0 Å². The third-order valence-corrected chi connectivity index (χ3v) is 6.89. The average molecular weight is 420 g/mol. The van der Waals surface area contributed by atoms with Crippen molar-refractivity contribution in [1.29, 1.82) is 0 Å². The molecule has 160 valence electrons. The van der Waals surface area contributed by atoms with Crippen LogP contribution in [0, 0.1) is 0 Å². The van der Waals surface area contributed by atoms with Crippen LogP contribution in [0.5, 0.6) is 0 Å². The Morgan fingerprint density at radius 3 is 2.59 bits per heavy atom. The Morgan fingerprint density at radius 2 is 1.97 bits per heavy atom. The molecule has 1 aromatic rings. The van der Waals surface area contributed by atoms with E-state index >= 15 is 0 Å². The third kappa shape index (κ3) is 5.44. The Kier molecular flexibility index (Phi) is 6.99. The van der Waals surface area contributed by atoms with Crippen molar-refractivity contribution < 1.29 is 9.47 Å². The van der Waals surface area contributed by atoms with E-state index in [9.17, 15) is 0 Å². The molecule has 1 unspecified atom stereocenters. The van der Waals surface area contributed by atoms with Crippen LogP contribution in [0.15, 0.2) is 29.3 Å². The summed E-state index contributed by atoms with van der Waals surface area (Å²) >= 11 is 6.05. The van der Waals surface area contributed by atoms with Crippen LogP contribution in [0.4, 0.5) is 0 Å². The van der Waals surface area contributed by atoms with Crippen LogP contribution >= 0.6 is 11.6 Å². The predicted octanol–water partition coefficient (Wildman–Crippen LogP) is 4.00. The summed E-state index contributed by atoms with van der Waals surface area (Å²) < 4.78 is 11.9. The van der Waals surface area contributed by atoms with Crippen LogP contribution in [0.25, 0.3) is 0 Å². The second kappa shape index (κ2) is 9.67. The molecule has 0 bridgehead atoms. The van der Waals surface area contributed by atoms with E-state index in [0.717, 1.165) is 63.1 Å². The van der Waals surface area contributed by atoms with Crippen LogP contribution in [0.3, 0.4) is 0 Å². The van der Waals surface area contributed by atoms with Crippen LogP contribution in [-0.4, -0.2) is 63.0 Å². The SMILES string of the molecule is CN=C(NCC1(c2ccc(Cl)cc2)CC1)N1CCC(OCC2CCCCO2)CC1. The third-order valence-electron chi connectivity index (χ3n) is 6.64. The molecule has 3 aliphatic rings. The lowest BCUT2D eigenvalue weighted by Crippen LogP contribution is -2.48. The summed E-state index contributed by atoms with van der Waals surface area (Å²) in [6.45, 7) is 4.55. The van der Waals surface area contributed by atoms with Gasteiger partial charge < -0.3 is 19.7 Å². The first-order valence-corrected chi connectivity index (χ1v) is 11.5. The van der Waals surface area contributed by atoms with E-state index in [-0.39, 0.29) is 5.41 Å². The quantitative estimate of drug-likeness (QED) is 0.559. The minimum atomic E-state index is 0.238. The number of likely N-dealkylation sites (tertiary alicyclic amines) is 1.